The van der Waals surface area contributed by atoms with E-state index in [0.717, 1.165) is 32.5 Å². The Morgan fingerprint density at radius 2 is 2.06 bits per heavy atom. The first kappa shape index (κ1) is 13.6. The van der Waals surface area contributed by atoms with Crippen molar-refractivity contribution in [2.45, 2.75) is 51.7 Å². The molecular weight excluding hydrogens is 222 g/mol. The molecular formula is C16H25NO. The van der Waals surface area contributed by atoms with Crippen LogP contribution in [-0.4, -0.2) is 19.3 Å². The van der Waals surface area contributed by atoms with E-state index in [1.165, 1.54) is 30.4 Å². The van der Waals surface area contributed by atoms with Gasteiger partial charge in [0.05, 0.1) is 6.10 Å². The second-order valence-corrected chi connectivity index (χ2v) is 5.08. The molecule has 0 bridgehead atoms. The highest BCUT2D eigenvalue weighted by molar-refractivity contribution is 5.26. The van der Waals surface area contributed by atoms with Crippen molar-refractivity contribution in [3.8, 4) is 0 Å². The van der Waals surface area contributed by atoms with Crippen molar-refractivity contribution in [2.75, 3.05) is 13.2 Å². The van der Waals surface area contributed by atoms with Crippen LogP contribution >= 0.6 is 0 Å². The molecule has 1 fully saturated rings. The second-order valence-electron chi connectivity index (χ2n) is 5.08. The van der Waals surface area contributed by atoms with Gasteiger partial charge in [0, 0.05) is 13.2 Å². The lowest BCUT2D eigenvalue weighted by atomic mass is 10.0. The van der Waals surface area contributed by atoms with Gasteiger partial charge in [-0.25, -0.2) is 0 Å². The van der Waals surface area contributed by atoms with Crippen LogP contribution in [0.1, 0.15) is 43.7 Å². The van der Waals surface area contributed by atoms with Crippen LogP contribution in [0, 0.1) is 0 Å². The van der Waals surface area contributed by atoms with Gasteiger partial charge in [-0.05, 0) is 49.8 Å². The number of hydrogen-bond donors (Lipinski definition) is 1. The zero-order valence-corrected chi connectivity index (χ0v) is 11.5. The molecule has 1 N–H and O–H groups in total. The average Bonchev–Trinajstić information content (AvgIpc) is 2.45. The normalized spacial score (nSPS) is 19.9. The fourth-order valence-electron chi connectivity index (χ4n) is 2.60. The molecule has 2 nitrogen and oxygen atoms in total. The lowest BCUT2D eigenvalue weighted by Crippen LogP contribution is -2.25. The number of hydrogen-bond acceptors (Lipinski definition) is 2. The van der Waals surface area contributed by atoms with Crippen molar-refractivity contribution in [1.82, 2.24) is 5.32 Å². The van der Waals surface area contributed by atoms with Crippen molar-refractivity contribution in [3.63, 3.8) is 0 Å². The van der Waals surface area contributed by atoms with E-state index in [4.69, 9.17) is 4.74 Å². The van der Waals surface area contributed by atoms with Crippen molar-refractivity contribution in [3.05, 3.63) is 35.4 Å². The molecule has 0 amide bonds. The summed E-state index contributed by atoms with van der Waals surface area (Å²) in [6.45, 7) is 5.22. The van der Waals surface area contributed by atoms with Crippen molar-refractivity contribution in [2.24, 2.45) is 0 Å². The molecule has 0 aromatic heterocycles. The molecule has 18 heavy (non-hydrogen) atoms. The summed E-state index contributed by atoms with van der Waals surface area (Å²) in [7, 11) is 0. The monoisotopic (exact) mass is 247 g/mol. The lowest BCUT2D eigenvalue weighted by molar-refractivity contribution is 0.0115. The highest BCUT2D eigenvalue weighted by Crippen LogP contribution is 2.15. The molecule has 0 aliphatic carbocycles. The number of benzene rings is 1. The van der Waals surface area contributed by atoms with Gasteiger partial charge in [-0.15, -0.1) is 0 Å². The predicted molar refractivity (Wildman–Crippen MR) is 75.7 cm³/mol. The van der Waals surface area contributed by atoms with Crippen molar-refractivity contribution in [1.29, 1.82) is 0 Å². The second kappa shape index (κ2) is 7.55. The minimum Gasteiger partial charge on any atom is -0.378 e. The van der Waals surface area contributed by atoms with E-state index in [-0.39, 0.29) is 0 Å². The number of aryl methyl sites for hydroxylation is 1. The van der Waals surface area contributed by atoms with E-state index in [1.54, 1.807) is 0 Å². The molecule has 2 rings (SSSR count). The van der Waals surface area contributed by atoms with Crippen LogP contribution in [0.3, 0.4) is 0 Å². The highest BCUT2D eigenvalue weighted by atomic mass is 16.5. The van der Waals surface area contributed by atoms with Gasteiger partial charge in [0.1, 0.15) is 0 Å². The lowest BCUT2D eigenvalue weighted by Gasteiger charge is -2.22. The first-order valence-corrected chi connectivity index (χ1v) is 7.29. The van der Waals surface area contributed by atoms with E-state index in [9.17, 15) is 0 Å². The van der Waals surface area contributed by atoms with Gasteiger partial charge in [-0.1, -0.05) is 31.2 Å². The Labute approximate surface area is 111 Å². The van der Waals surface area contributed by atoms with E-state index >= 15 is 0 Å². The van der Waals surface area contributed by atoms with Gasteiger partial charge < -0.3 is 10.1 Å². The Balaban J connectivity index is 1.68. The minimum absolute atomic E-state index is 0.493. The molecule has 1 unspecified atom stereocenters. The van der Waals surface area contributed by atoms with E-state index in [1.807, 2.05) is 0 Å². The molecule has 1 aromatic rings. The van der Waals surface area contributed by atoms with E-state index in [2.05, 4.69) is 36.5 Å². The topological polar surface area (TPSA) is 21.3 Å². The summed E-state index contributed by atoms with van der Waals surface area (Å²) in [6.07, 6.45) is 6.58. The quantitative estimate of drug-likeness (QED) is 0.779. The largest absolute Gasteiger partial charge is 0.378 e. The zero-order valence-electron chi connectivity index (χ0n) is 11.5. The summed E-state index contributed by atoms with van der Waals surface area (Å²) >= 11 is 0. The molecule has 1 aliphatic heterocycles. The summed E-state index contributed by atoms with van der Waals surface area (Å²) in [5, 5.41) is 3.54. The number of ether oxygens (including phenoxy) is 1. The van der Waals surface area contributed by atoms with E-state index in [0.29, 0.717) is 6.10 Å². The van der Waals surface area contributed by atoms with Crippen molar-refractivity contribution < 1.29 is 4.74 Å². The fourth-order valence-corrected chi connectivity index (χ4v) is 2.60. The molecule has 0 radical (unpaired) electrons. The van der Waals surface area contributed by atoms with Gasteiger partial charge >= 0.3 is 0 Å². The maximum Gasteiger partial charge on any atom is 0.0587 e. The third kappa shape index (κ3) is 4.11. The molecule has 1 atom stereocenters. The molecule has 0 spiro atoms. The summed E-state index contributed by atoms with van der Waals surface area (Å²) in [4.78, 5) is 0. The van der Waals surface area contributed by atoms with E-state index < -0.39 is 0 Å². The SMILES string of the molecule is CCc1ccccc1CNCCC1CCCCO1. The first-order valence-electron chi connectivity index (χ1n) is 7.29. The van der Waals surface area contributed by atoms with Gasteiger partial charge in [-0.3, -0.25) is 0 Å². The summed E-state index contributed by atoms with van der Waals surface area (Å²) in [5.74, 6) is 0. The molecule has 1 heterocycles. The Kier molecular flexibility index (Phi) is 5.69. The summed E-state index contributed by atoms with van der Waals surface area (Å²) < 4.78 is 5.74. The fraction of sp³-hybridized carbons (Fsp3) is 0.625. The molecule has 1 aromatic carbocycles. The third-order valence-electron chi connectivity index (χ3n) is 3.73. The van der Waals surface area contributed by atoms with Crippen molar-refractivity contribution >= 4 is 0 Å². The maximum absolute atomic E-state index is 5.74. The molecule has 100 valence electrons. The Morgan fingerprint density at radius 1 is 1.22 bits per heavy atom. The van der Waals surface area contributed by atoms with Crippen LogP contribution in [0.4, 0.5) is 0 Å². The minimum atomic E-state index is 0.493. The standard InChI is InChI=1S/C16H25NO/c1-2-14-7-3-4-8-15(14)13-17-11-10-16-9-5-6-12-18-16/h3-4,7-8,16-17H,2,5-6,9-13H2,1H3. The van der Waals surface area contributed by atoms with Crippen LogP contribution < -0.4 is 5.32 Å². The zero-order chi connectivity index (χ0) is 12.6. The Bertz CT molecular complexity index is 345. The van der Waals surface area contributed by atoms with Crippen LogP contribution in [0.15, 0.2) is 24.3 Å². The predicted octanol–water partition coefficient (Wildman–Crippen LogP) is 3.30. The van der Waals surface area contributed by atoms with Crippen LogP contribution in [0.2, 0.25) is 0 Å². The number of nitrogens with one attached hydrogen (secondary N) is 1. The molecule has 2 heteroatoms. The summed E-state index contributed by atoms with van der Waals surface area (Å²) in [5.41, 5.74) is 2.89. The third-order valence-corrected chi connectivity index (χ3v) is 3.73. The molecule has 1 saturated heterocycles. The van der Waals surface area contributed by atoms with Gasteiger partial charge in [-0.2, -0.15) is 0 Å². The first-order chi connectivity index (χ1) is 8.90. The Hall–Kier alpha value is -0.860. The maximum atomic E-state index is 5.74. The van der Waals surface area contributed by atoms with Gasteiger partial charge in [0.2, 0.25) is 0 Å². The van der Waals surface area contributed by atoms with Gasteiger partial charge in [0.15, 0.2) is 0 Å². The van der Waals surface area contributed by atoms with Gasteiger partial charge in [0.25, 0.3) is 0 Å². The number of rotatable bonds is 6. The van der Waals surface area contributed by atoms with Crippen LogP contribution in [0.25, 0.3) is 0 Å². The highest BCUT2D eigenvalue weighted by Gasteiger charge is 2.12. The molecule has 1 aliphatic rings. The molecule has 0 saturated carbocycles. The average molecular weight is 247 g/mol. The van der Waals surface area contributed by atoms with Crippen LogP contribution in [-0.2, 0) is 17.7 Å². The Morgan fingerprint density at radius 3 is 2.78 bits per heavy atom. The summed E-state index contributed by atoms with van der Waals surface area (Å²) in [6, 6.07) is 8.70. The smallest absolute Gasteiger partial charge is 0.0587 e. The van der Waals surface area contributed by atoms with Crippen LogP contribution in [0.5, 0.6) is 0 Å².